The fraction of sp³-hybridized carbons (Fsp3) is 0.400. The number of carbonyl (C=O) groups is 3. The summed E-state index contributed by atoms with van der Waals surface area (Å²) in [5, 5.41) is 15.6. The largest absolute Gasteiger partial charge is 0.508 e. The van der Waals surface area contributed by atoms with Crippen molar-refractivity contribution in [3.63, 3.8) is 0 Å². The van der Waals surface area contributed by atoms with Crippen LogP contribution in [0, 0.1) is 0 Å². The highest BCUT2D eigenvalue weighted by Gasteiger charge is 2.38. The number of carbonyl (C=O) groups excluding carboxylic acids is 3. The zero-order chi connectivity index (χ0) is 31.6. The van der Waals surface area contributed by atoms with Crippen LogP contribution in [-0.2, 0) is 33.7 Å². The quantitative estimate of drug-likeness (QED) is 0.238. The van der Waals surface area contributed by atoms with Gasteiger partial charge in [-0.25, -0.2) is 4.79 Å². The number of aryl methyl sites for hydroxylation is 1. The summed E-state index contributed by atoms with van der Waals surface area (Å²) in [4.78, 5) is 43.1. The fourth-order valence-electron chi connectivity index (χ4n) is 4.75. The predicted octanol–water partition coefficient (Wildman–Crippen LogP) is 6.08. The molecule has 0 aromatic heterocycles. The lowest BCUT2D eigenvalue weighted by Gasteiger charge is -2.38. The number of rotatable bonds is 12. The van der Waals surface area contributed by atoms with Gasteiger partial charge in [0, 0.05) is 19.0 Å². The van der Waals surface area contributed by atoms with Crippen molar-refractivity contribution < 1.29 is 24.2 Å². The summed E-state index contributed by atoms with van der Waals surface area (Å²) in [6.07, 6.45) is 0.831. The van der Waals surface area contributed by atoms with E-state index in [1.807, 2.05) is 68.4 Å². The molecule has 3 atom stereocenters. The molecule has 0 aliphatic heterocycles. The Labute approximate surface area is 255 Å². The third-order valence-electron chi connectivity index (χ3n) is 7.23. The minimum Gasteiger partial charge on any atom is -0.508 e. The molecule has 0 spiro atoms. The molecule has 3 rings (SSSR count). The van der Waals surface area contributed by atoms with Crippen LogP contribution in [0.15, 0.2) is 78.9 Å². The number of ether oxygens (including phenoxy) is 1. The second kappa shape index (κ2) is 15.2. The van der Waals surface area contributed by atoms with Crippen molar-refractivity contribution in [2.75, 3.05) is 0 Å². The molecule has 0 saturated carbocycles. The molecule has 3 aromatic carbocycles. The van der Waals surface area contributed by atoms with E-state index in [9.17, 15) is 19.5 Å². The van der Waals surface area contributed by atoms with E-state index < -0.39 is 29.7 Å². The van der Waals surface area contributed by atoms with Crippen LogP contribution >= 0.6 is 0 Å². The zero-order valence-electron chi connectivity index (χ0n) is 26.1. The van der Waals surface area contributed by atoms with Crippen LogP contribution in [0.3, 0.4) is 0 Å². The van der Waals surface area contributed by atoms with Gasteiger partial charge in [-0.05, 0) is 74.9 Å². The first-order valence-electron chi connectivity index (χ1n) is 14.9. The van der Waals surface area contributed by atoms with Gasteiger partial charge in [-0.1, -0.05) is 80.6 Å². The number of phenolic OH excluding ortho intramolecular Hbond substituents is 1. The number of alkyl carbamates (subject to hydrolysis) is 1. The summed E-state index contributed by atoms with van der Waals surface area (Å²) in [6.45, 7) is 11.5. The van der Waals surface area contributed by atoms with E-state index in [0.717, 1.165) is 23.1 Å². The number of phenols is 1. The van der Waals surface area contributed by atoms with Crippen molar-refractivity contribution in [2.45, 2.75) is 91.1 Å². The molecule has 230 valence electrons. The van der Waals surface area contributed by atoms with Gasteiger partial charge in [0.15, 0.2) is 0 Å². The Kier molecular flexibility index (Phi) is 11.8. The highest BCUT2D eigenvalue weighted by atomic mass is 16.6. The smallest absolute Gasteiger partial charge is 0.408 e. The molecule has 0 aliphatic carbocycles. The molecule has 3 N–H and O–H groups in total. The van der Waals surface area contributed by atoms with E-state index in [4.69, 9.17) is 4.74 Å². The predicted molar refractivity (Wildman–Crippen MR) is 168 cm³/mol. The normalized spacial score (nSPS) is 13.3. The van der Waals surface area contributed by atoms with Crippen molar-refractivity contribution in [1.82, 2.24) is 15.5 Å². The standard InChI is InChI=1S/C35H45N3O5/c1-7-24(3)38(33(41)30(37-34(42)43-35(4,5)6)22-26-16-20-29(39)21-17-26)31(28-18-14-25(8-2)15-19-28)32(40)36-23-27-12-10-9-11-13-27/h9-21,24,30-31,39H,7-8,22-23H2,1-6H3,(H,36,40)(H,37,42). The van der Waals surface area contributed by atoms with Gasteiger partial charge in [-0.15, -0.1) is 0 Å². The molecule has 3 aromatic rings. The summed E-state index contributed by atoms with van der Waals surface area (Å²) in [6, 6.07) is 21.5. The SMILES string of the molecule is CCc1ccc(C(C(=O)NCc2ccccc2)N(C(=O)C(Cc2ccc(O)cc2)NC(=O)OC(C)(C)C)C(C)CC)cc1. The minimum atomic E-state index is -1.03. The second-order valence-corrected chi connectivity index (χ2v) is 11.8. The summed E-state index contributed by atoms with van der Waals surface area (Å²) < 4.78 is 5.51. The second-order valence-electron chi connectivity index (χ2n) is 11.8. The maximum atomic E-state index is 14.6. The summed E-state index contributed by atoms with van der Waals surface area (Å²) >= 11 is 0. The topological polar surface area (TPSA) is 108 Å². The molecule has 3 amide bonds. The average Bonchev–Trinajstić information content (AvgIpc) is 2.98. The summed E-state index contributed by atoms with van der Waals surface area (Å²) in [5.41, 5.74) is 2.69. The Hall–Kier alpha value is -4.33. The number of amides is 3. The van der Waals surface area contributed by atoms with E-state index in [1.54, 1.807) is 37.8 Å². The van der Waals surface area contributed by atoms with E-state index in [1.165, 1.54) is 12.1 Å². The van der Waals surface area contributed by atoms with Gasteiger partial charge in [0.2, 0.25) is 11.8 Å². The Morgan fingerprint density at radius 3 is 2.02 bits per heavy atom. The molecule has 0 saturated heterocycles. The average molecular weight is 588 g/mol. The van der Waals surface area contributed by atoms with Gasteiger partial charge in [-0.3, -0.25) is 9.59 Å². The molecule has 8 heteroatoms. The number of benzene rings is 3. The van der Waals surface area contributed by atoms with Crippen LogP contribution < -0.4 is 10.6 Å². The van der Waals surface area contributed by atoms with Crippen molar-refractivity contribution >= 4 is 17.9 Å². The number of nitrogens with one attached hydrogen (secondary N) is 2. The Morgan fingerprint density at radius 1 is 0.860 bits per heavy atom. The molecule has 43 heavy (non-hydrogen) atoms. The van der Waals surface area contributed by atoms with E-state index >= 15 is 0 Å². The third-order valence-corrected chi connectivity index (χ3v) is 7.23. The first kappa shape index (κ1) is 33.2. The van der Waals surface area contributed by atoms with Crippen LogP contribution in [0.1, 0.15) is 76.3 Å². The Balaban J connectivity index is 2.04. The zero-order valence-corrected chi connectivity index (χ0v) is 26.1. The van der Waals surface area contributed by atoms with Gasteiger partial charge in [0.05, 0.1) is 0 Å². The number of hydrogen-bond donors (Lipinski definition) is 3. The van der Waals surface area contributed by atoms with Gasteiger partial charge in [0.25, 0.3) is 0 Å². The van der Waals surface area contributed by atoms with Crippen molar-refractivity contribution in [3.8, 4) is 5.75 Å². The number of nitrogens with zero attached hydrogens (tertiary/aromatic N) is 1. The Bertz CT molecular complexity index is 1330. The molecule has 0 radical (unpaired) electrons. The first-order chi connectivity index (χ1) is 20.4. The van der Waals surface area contributed by atoms with Crippen LogP contribution in [0.2, 0.25) is 0 Å². The molecule has 0 fully saturated rings. The van der Waals surface area contributed by atoms with Crippen LogP contribution in [0.5, 0.6) is 5.75 Å². The van der Waals surface area contributed by atoms with Crippen molar-refractivity contribution in [3.05, 3.63) is 101 Å². The molecule has 8 nitrogen and oxygen atoms in total. The van der Waals surface area contributed by atoms with Crippen LogP contribution in [-0.4, -0.2) is 45.6 Å². The monoisotopic (exact) mass is 587 g/mol. The lowest BCUT2D eigenvalue weighted by molar-refractivity contribution is -0.145. The summed E-state index contributed by atoms with van der Waals surface area (Å²) in [5.74, 6) is -0.631. The highest BCUT2D eigenvalue weighted by Crippen LogP contribution is 2.28. The van der Waals surface area contributed by atoms with Crippen molar-refractivity contribution in [1.29, 1.82) is 0 Å². The van der Waals surface area contributed by atoms with Gasteiger partial charge in [-0.2, -0.15) is 0 Å². The lowest BCUT2D eigenvalue weighted by atomic mass is 9.97. The molecule has 0 bridgehead atoms. The fourth-order valence-corrected chi connectivity index (χ4v) is 4.75. The highest BCUT2D eigenvalue weighted by molar-refractivity contribution is 5.92. The van der Waals surface area contributed by atoms with Crippen LogP contribution in [0.25, 0.3) is 0 Å². The molecular formula is C35H45N3O5. The maximum Gasteiger partial charge on any atom is 0.408 e. The van der Waals surface area contributed by atoms with E-state index in [0.29, 0.717) is 18.5 Å². The summed E-state index contributed by atoms with van der Waals surface area (Å²) in [7, 11) is 0. The molecular weight excluding hydrogens is 542 g/mol. The lowest BCUT2D eigenvalue weighted by Crippen LogP contribution is -2.56. The number of aromatic hydroxyl groups is 1. The minimum absolute atomic E-state index is 0.0960. The number of hydrogen-bond acceptors (Lipinski definition) is 5. The maximum absolute atomic E-state index is 14.6. The van der Waals surface area contributed by atoms with Crippen LogP contribution in [0.4, 0.5) is 4.79 Å². The molecule has 0 aliphatic rings. The molecule has 3 unspecified atom stereocenters. The third kappa shape index (κ3) is 9.87. The van der Waals surface area contributed by atoms with Crippen molar-refractivity contribution in [2.24, 2.45) is 0 Å². The Morgan fingerprint density at radius 2 is 1.47 bits per heavy atom. The molecule has 0 heterocycles. The van der Waals surface area contributed by atoms with Gasteiger partial charge < -0.3 is 25.4 Å². The van der Waals surface area contributed by atoms with E-state index in [-0.39, 0.29) is 24.1 Å². The van der Waals surface area contributed by atoms with Gasteiger partial charge in [0.1, 0.15) is 23.4 Å². The first-order valence-corrected chi connectivity index (χ1v) is 14.9. The van der Waals surface area contributed by atoms with E-state index in [2.05, 4.69) is 17.6 Å². The van der Waals surface area contributed by atoms with Gasteiger partial charge >= 0.3 is 6.09 Å².